The molecule has 3 aromatic rings. The van der Waals surface area contributed by atoms with Crippen LogP contribution in [0.5, 0.6) is 0 Å². The van der Waals surface area contributed by atoms with Gasteiger partial charge >= 0.3 is 5.97 Å². The van der Waals surface area contributed by atoms with Crippen LogP contribution in [0.25, 0.3) is 0 Å². The van der Waals surface area contributed by atoms with Gasteiger partial charge in [-0.2, -0.15) is 0 Å². The van der Waals surface area contributed by atoms with E-state index >= 15 is 0 Å². The molecule has 1 aromatic heterocycles. The first-order valence-corrected chi connectivity index (χ1v) is 9.53. The van der Waals surface area contributed by atoms with Gasteiger partial charge in [-0.25, -0.2) is 4.79 Å². The van der Waals surface area contributed by atoms with Gasteiger partial charge in [-0.3, -0.25) is 19.3 Å². The van der Waals surface area contributed by atoms with Gasteiger partial charge in [0, 0.05) is 6.54 Å². The zero-order valence-corrected chi connectivity index (χ0v) is 16.4. The van der Waals surface area contributed by atoms with Crippen LogP contribution in [0.2, 0.25) is 0 Å². The molecule has 3 amide bonds. The predicted molar refractivity (Wildman–Crippen MR) is 108 cm³/mol. The van der Waals surface area contributed by atoms with Gasteiger partial charge in [-0.15, -0.1) is 0 Å². The number of benzene rings is 2. The highest BCUT2D eigenvalue weighted by Gasteiger charge is 2.36. The molecule has 1 aliphatic heterocycles. The van der Waals surface area contributed by atoms with E-state index in [-0.39, 0.29) is 23.2 Å². The second-order valence-corrected chi connectivity index (χ2v) is 6.87. The molecule has 2 heterocycles. The summed E-state index contributed by atoms with van der Waals surface area (Å²) in [7, 11) is 0. The van der Waals surface area contributed by atoms with E-state index in [9.17, 15) is 19.2 Å². The fourth-order valence-corrected chi connectivity index (χ4v) is 3.18. The van der Waals surface area contributed by atoms with Crippen LogP contribution in [-0.2, 0) is 22.6 Å². The number of carbonyl (C=O) groups excluding carboxylic acids is 4. The molecule has 8 nitrogen and oxygen atoms in total. The molecule has 31 heavy (non-hydrogen) atoms. The first-order chi connectivity index (χ1) is 15.0. The highest BCUT2D eigenvalue weighted by Crippen LogP contribution is 2.26. The summed E-state index contributed by atoms with van der Waals surface area (Å²) in [6, 6.07) is 16.8. The molecule has 0 bridgehead atoms. The Hall–Kier alpha value is -4.20. The van der Waals surface area contributed by atoms with Gasteiger partial charge in [-0.05, 0) is 35.9 Å². The zero-order chi connectivity index (χ0) is 21.8. The molecule has 8 heteroatoms. The van der Waals surface area contributed by atoms with Crippen molar-refractivity contribution in [1.29, 1.82) is 0 Å². The van der Waals surface area contributed by atoms with Crippen molar-refractivity contribution in [3.8, 4) is 0 Å². The van der Waals surface area contributed by atoms with E-state index in [2.05, 4.69) is 5.32 Å². The van der Waals surface area contributed by atoms with Gasteiger partial charge in [-0.1, -0.05) is 30.3 Å². The minimum absolute atomic E-state index is 0.000706. The lowest BCUT2D eigenvalue weighted by atomic mass is 10.1. The van der Waals surface area contributed by atoms with E-state index in [4.69, 9.17) is 9.15 Å². The molecule has 0 radical (unpaired) electrons. The maximum Gasteiger partial charge on any atom is 0.338 e. The van der Waals surface area contributed by atoms with Crippen molar-refractivity contribution in [3.63, 3.8) is 0 Å². The molecule has 0 spiro atoms. The number of amides is 3. The number of hydrogen-bond acceptors (Lipinski definition) is 6. The summed E-state index contributed by atoms with van der Waals surface area (Å²) in [5.74, 6) is -1.73. The van der Waals surface area contributed by atoms with E-state index in [0.717, 1.165) is 10.5 Å². The summed E-state index contributed by atoms with van der Waals surface area (Å²) in [6.07, 6.45) is 1.46. The molecule has 4 rings (SSSR count). The Labute approximate surface area is 177 Å². The number of furan rings is 1. The number of esters is 1. The predicted octanol–water partition coefficient (Wildman–Crippen LogP) is 2.55. The van der Waals surface area contributed by atoms with E-state index in [1.807, 2.05) is 30.3 Å². The Kier molecular flexibility index (Phi) is 5.61. The Balaban J connectivity index is 1.36. The molecule has 0 unspecified atom stereocenters. The first kappa shape index (κ1) is 20.1. The lowest BCUT2D eigenvalue weighted by Crippen LogP contribution is -2.29. The fourth-order valence-electron chi connectivity index (χ4n) is 3.18. The number of hydrogen-bond donors (Lipinski definition) is 1. The molecule has 0 saturated heterocycles. The van der Waals surface area contributed by atoms with Crippen molar-refractivity contribution in [1.82, 2.24) is 10.2 Å². The zero-order valence-electron chi connectivity index (χ0n) is 16.4. The summed E-state index contributed by atoms with van der Waals surface area (Å²) in [4.78, 5) is 50.5. The number of carbonyl (C=O) groups is 4. The minimum atomic E-state index is -0.762. The highest BCUT2D eigenvalue weighted by atomic mass is 16.5. The molecule has 0 atom stereocenters. The van der Waals surface area contributed by atoms with Crippen molar-refractivity contribution in [3.05, 3.63) is 94.9 Å². The van der Waals surface area contributed by atoms with E-state index in [1.165, 1.54) is 24.5 Å². The monoisotopic (exact) mass is 418 g/mol. The van der Waals surface area contributed by atoms with Gasteiger partial charge in [0.25, 0.3) is 17.7 Å². The Morgan fingerprint density at radius 1 is 0.935 bits per heavy atom. The van der Waals surface area contributed by atoms with Gasteiger partial charge in [0.1, 0.15) is 5.76 Å². The lowest BCUT2D eigenvalue weighted by molar-refractivity contribution is -0.124. The van der Waals surface area contributed by atoms with Crippen LogP contribution in [0.3, 0.4) is 0 Å². The molecular formula is C23H18N2O6. The third kappa shape index (κ3) is 4.37. The van der Waals surface area contributed by atoms with Crippen molar-refractivity contribution in [2.24, 2.45) is 0 Å². The van der Waals surface area contributed by atoms with Gasteiger partial charge in [0.05, 0.1) is 29.5 Å². The quantitative estimate of drug-likeness (QED) is 0.467. The summed E-state index contributed by atoms with van der Waals surface area (Å²) >= 11 is 0. The molecule has 156 valence electrons. The van der Waals surface area contributed by atoms with Gasteiger partial charge in [0.2, 0.25) is 0 Å². The Morgan fingerprint density at radius 3 is 2.45 bits per heavy atom. The Morgan fingerprint density at radius 2 is 1.71 bits per heavy atom. The average molecular weight is 418 g/mol. The summed E-state index contributed by atoms with van der Waals surface area (Å²) < 4.78 is 10.2. The fraction of sp³-hybridized carbons (Fsp3) is 0.130. The molecule has 0 aliphatic carbocycles. The summed E-state index contributed by atoms with van der Waals surface area (Å²) in [5.41, 5.74) is 1.31. The molecule has 0 saturated carbocycles. The van der Waals surface area contributed by atoms with Crippen molar-refractivity contribution in [2.45, 2.75) is 13.1 Å². The number of imide groups is 1. The molecule has 1 N–H and O–H groups in total. The van der Waals surface area contributed by atoms with E-state index in [1.54, 1.807) is 12.1 Å². The standard InChI is InChI=1S/C23H18N2O6/c26-20(24-12-15-5-2-1-3-6-15)14-31-23(29)16-8-9-18-19(11-16)22(28)25(21(18)27)13-17-7-4-10-30-17/h1-11H,12-14H2,(H,24,26). The molecule has 1 aliphatic rings. The molecule has 2 aromatic carbocycles. The van der Waals surface area contributed by atoms with Gasteiger partial charge < -0.3 is 14.5 Å². The number of nitrogens with zero attached hydrogens (tertiary/aromatic N) is 1. The average Bonchev–Trinajstić information content (AvgIpc) is 3.39. The number of ether oxygens (including phenoxy) is 1. The topological polar surface area (TPSA) is 106 Å². The van der Waals surface area contributed by atoms with Crippen LogP contribution in [0.15, 0.2) is 71.3 Å². The SMILES string of the molecule is O=C(COC(=O)c1ccc2c(c1)C(=O)N(Cc1ccco1)C2=O)NCc1ccccc1. The van der Waals surface area contributed by atoms with E-state index < -0.39 is 30.3 Å². The third-order valence-corrected chi connectivity index (χ3v) is 4.77. The molecule has 0 fully saturated rings. The van der Waals surface area contributed by atoms with Gasteiger partial charge in [0.15, 0.2) is 6.61 Å². The molecular weight excluding hydrogens is 400 g/mol. The summed E-state index contributed by atoms with van der Waals surface area (Å²) in [5, 5.41) is 2.66. The minimum Gasteiger partial charge on any atom is -0.467 e. The maximum atomic E-state index is 12.6. The maximum absolute atomic E-state index is 12.6. The van der Waals surface area contributed by atoms with E-state index in [0.29, 0.717) is 12.3 Å². The summed E-state index contributed by atoms with van der Waals surface area (Å²) in [6.45, 7) is -0.140. The second kappa shape index (κ2) is 8.66. The van der Waals surface area contributed by atoms with Crippen molar-refractivity contribution in [2.75, 3.05) is 6.61 Å². The van der Waals surface area contributed by atoms with Crippen LogP contribution >= 0.6 is 0 Å². The smallest absolute Gasteiger partial charge is 0.338 e. The van der Waals surface area contributed by atoms with Crippen LogP contribution in [0, 0.1) is 0 Å². The number of nitrogens with one attached hydrogen (secondary N) is 1. The van der Waals surface area contributed by atoms with Crippen LogP contribution in [0.4, 0.5) is 0 Å². The second-order valence-electron chi connectivity index (χ2n) is 6.87. The van der Waals surface area contributed by atoms with Crippen LogP contribution in [-0.4, -0.2) is 35.2 Å². The normalized spacial score (nSPS) is 12.6. The number of fused-ring (bicyclic) bond motifs is 1. The first-order valence-electron chi connectivity index (χ1n) is 9.53. The lowest BCUT2D eigenvalue weighted by Gasteiger charge is -2.11. The largest absolute Gasteiger partial charge is 0.467 e. The van der Waals surface area contributed by atoms with Crippen molar-refractivity contribution >= 4 is 23.7 Å². The van der Waals surface area contributed by atoms with Crippen LogP contribution < -0.4 is 5.32 Å². The third-order valence-electron chi connectivity index (χ3n) is 4.77. The van der Waals surface area contributed by atoms with Crippen molar-refractivity contribution < 1.29 is 28.3 Å². The Bertz CT molecular complexity index is 1140. The highest BCUT2D eigenvalue weighted by molar-refractivity contribution is 6.21. The van der Waals surface area contributed by atoms with Crippen LogP contribution in [0.1, 0.15) is 42.4 Å². The number of rotatable bonds is 7.